The second-order valence-corrected chi connectivity index (χ2v) is 10.4. The molecule has 2 aromatic heterocycles. The van der Waals surface area contributed by atoms with Crippen LogP contribution in [0, 0.1) is 11.6 Å². The van der Waals surface area contributed by atoms with E-state index >= 15 is 0 Å². The van der Waals surface area contributed by atoms with Gasteiger partial charge < -0.3 is 30.0 Å². The van der Waals surface area contributed by atoms with Gasteiger partial charge in [0.15, 0.2) is 5.65 Å². The van der Waals surface area contributed by atoms with Gasteiger partial charge in [0, 0.05) is 29.9 Å². The number of fused-ring (bicyclic) bond motifs is 1. The van der Waals surface area contributed by atoms with E-state index in [9.17, 15) is 18.7 Å². The number of benzene rings is 3. The molecule has 3 aromatic carbocycles. The maximum absolute atomic E-state index is 14.0. The van der Waals surface area contributed by atoms with Crippen LogP contribution in [0.1, 0.15) is 35.3 Å². The molecule has 0 fully saturated rings. The predicted octanol–water partition coefficient (Wildman–Crippen LogP) is 5.60. The Balaban J connectivity index is 1.38. The van der Waals surface area contributed by atoms with Gasteiger partial charge in [-0.15, -0.1) is 5.10 Å². The van der Waals surface area contributed by atoms with E-state index in [0.717, 1.165) is 23.3 Å². The van der Waals surface area contributed by atoms with Gasteiger partial charge in [-0.3, -0.25) is 4.79 Å². The van der Waals surface area contributed by atoms with Gasteiger partial charge >= 0.3 is 0 Å². The maximum atomic E-state index is 14.0. The summed E-state index contributed by atoms with van der Waals surface area (Å²) in [6, 6.07) is 15.4. The molecule has 0 unspecified atom stereocenters. The molecule has 3 N–H and O–H groups in total. The monoisotopic (exact) mass is 603 g/mol. The zero-order chi connectivity index (χ0) is 31.6. The van der Waals surface area contributed by atoms with Crippen molar-refractivity contribution in [1.29, 1.82) is 0 Å². The molecule has 0 atom stereocenters. The number of nitrogens with zero attached hydrogens (tertiary/aromatic N) is 3. The quantitative estimate of drug-likeness (QED) is 0.189. The third kappa shape index (κ3) is 6.25. The molecule has 10 nitrogen and oxygen atoms in total. The van der Waals surface area contributed by atoms with Gasteiger partial charge in [0.2, 0.25) is 5.95 Å². The minimum absolute atomic E-state index is 0.115. The molecule has 44 heavy (non-hydrogen) atoms. The maximum Gasteiger partial charge on any atom is 0.255 e. The van der Waals surface area contributed by atoms with Crippen molar-refractivity contribution in [3.63, 3.8) is 0 Å². The first kappa shape index (κ1) is 30.2. The van der Waals surface area contributed by atoms with E-state index in [1.807, 2.05) is 6.07 Å². The molecule has 2 heterocycles. The molecule has 0 aliphatic heterocycles. The normalized spacial score (nSPS) is 11.4. The fraction of sp³-hybridized carbons (Fsp3) is 0.219. The molecule has 0 bridgehead atoms. The molecule has 0 saturated heterocycles. The lowest BCUT2D eigenvalue weighted by atomic mass is 9.97. The summed E-state index contributed by atoms with van der Waals surface area (Å²) in [5, 5.41) is 20.8. The van der Waals surface area contributed by atoms with Crippen molar-refractivity contribution in [3.05, 3.63) is 95.2 Å². The number of pyridine rings is 1. The molecule has 0 aliphatic carbocycles. The third-order valence-electron chi connectivity index (χ3n) is 7.01. The molecule has 0 saturated carbocycles. The average molecular weight is 604 g/mol. The highest BCUT2D eigenvalue weighted by molar-refractivity contribution is 5.97. The van der Waals surface area contributed by atoms with Crippen LogP contribution in [0.2, 0.25) is 0 Å². The second-order valence-electron chi connectivity index (χ2n) is 10.4. The van der Waals surface area contributed by atoms with Crippen LogP contribution < -0.4 is 24.8 Å². The highest BCUT2D eigenvalue weighted by Crippen LogP contribution is 2.40. The summed E-state index contributed by atoms with van der Waals surface area (Å²) in [6.07, 6.45) is 1.78. The van der Waals surface area contributed by atoms with Crippen molar-refractivity contribution >= 4 is 23.2 Å². The highest BCUT2D eigenvalue weighted by Gasteiger charge is 2.23. The van der Waals surface area contributed by atoms with Crippen LogP contribution in [-0.4, -0.2) is 46.9 Å². The minimum Gasteiger partial charge on any atom is -0.496 e. The van der Waals surface area contributed by atoms with Gasteiger partial charge in [-0.25, -0.2) is 13.3 Å². The van der Waals surface area contributed by atoms with Crippen LogP contribution in [0.5, 0.6) is 17.2 Å². The number of amides is 1. The lowest BCUT2D eigenvalue weighted by Gasteiger charge is -2.22. The first-order chi connectivity index (χ1) is 21.0. The fourth-order valence-electron chi connectivity index (χ4n) is 4.60. The van der Waals surface area contributed by atoms with Gasteiger partial charge in [0.05, 0.1) is 32.5 Å². The number of aliphatic hydroxyl groups is 1. The van der Waals surface area contributed by atoms with E-state index in [1.165, 1.54) is 27.4 Å². The van der Waals surface area contributed by atoms with Crippen LogP contribution in [0.25, 0.3) is 16.8 Å². The lowest BCUT2D eigenvalue weighted by molar-refractivity contribution is 0.0780. The number of anilines is 2. The fourth-order valence-corrected chi connectivity index (χ4v) is 4.60. The average Bonchev–Trinajstić information content (AvgIpc) is 3.41. The molecule has 0 radical (unpaired) electrons. The first-order valence-electron chi connectivity index (χ1n) is 13.5. The summed E-state index contributed by atoms with van der Waals surface area (Å²) >= 11 is 0. The summed E-state index contributed by atoms with van der Waals surface area (Å²) < 4.78 is 45.4. The van der Waals surface area contributed by atoms with Gasteiger partial charge in [-0.05, 0) is 67.4 Å². The van der Waals surface area contributed by atoms with Crippen molar-refractivity contribution in [2.75, 3.05) is 26.6 Å². The van der Waals surface area contributed by atoms with Crippen molar-refractivity contribution in [2.45, 2.75) is 26.0 Å². The van der Waals surface area contributed by atoms with Crippen molar-refractivity contribution in [3.8, 4) is 28.4 Å². The number of carbonyl (C=O) groups is 1. The zero-order valence-electron chi connectivity index (χ0n) is 24.7. The Morgan fingerprint density at radius 3 is 2.23 bits per heavy atom. The Morgan fingerprint density at radius 2 is 1.59 bits per heavy atom. The van der Waals surface area contributed by atoms with E-state index in [4.69, 9.17) is 14.2 Å². The topological polar surface area (TPSA) is 119 Å². The number of aromatic nitrogens is 3. The number of halogens is 2. The summed E-state index contributed by atoms with van der Waals surface area (Å²) in [5.74, 6) is -0.409. The number of hydrogen-bond acceptors (Lipinski definition) is 8. The van der Waals surface area contributed by atoms with Crippen molar-refractivity contribution < 1.29 is 32.9 Å². The van der Waals surface area contributed by atoms with E-state index in [2.05, 4.69) is 20.7 Å². The third-order valence-corrected chi connectivity index (χ3v) is 7.01. The van der Waals surface area contributed by atoms with Crippen LogP contribution in [0.4, 0.5) is 20.4 Å². The predicted molar refractivity (Wildman–Crippen MR) is 161 cm³/mol. The molecule has 0 aliphatic rings. The Bertz CT molecular complexity index is 1830. The van der Waals surface area contributed by atoms with Crippen LogP contribution in [0.3, 0.4) is 0 Å². The lowest BCUT2D eigenvalue weighted by Crippen LogP contribution is -2.24. The summed E-state index contributed by atoms with van der Waals surface area (Å²) in [6.45, 7) is 3.23. The van der Waals surface area contributed by atoms with Crippen LogP contribution >= 0.6 is 0 Å². The van der Waals surface area contributed by atoms with E-state index in [-0.39, 0.29) is 23.6 Å². The largest absolute Gasteiger partial charge is 0.496 e. The summed E-state index contributed by atoms with van der Waals surface area (Å²) in [5.41, 5.74) is 2.52. The molecule has 5 aromatic rings. The van der Waals surface area contributed by atoms with Gasteiger partial charge in [-0.1, -0.05) is 12.1 Å². The van der Waals surface area contributed by atoms with Gasteiger partial charge in [0.1, 0.15) is 34.6 Å². The Morgan fingerprint density at radius 1 is 0.909 bits per heavy atom. The zero-order valence-corrected chi connectivity index (χ0v) is 24.7. The van der Waals surface area contributed by atoms with Gasteiger partial charge in [0.25, 0.3) is 5.91 Å². The second kappa shape index (κ2) is 12.2. The Labute approximate surface area is 252 Å². The van der Waals surface area contributed by atoms with Crippen LogP contribution in [0.15, 0.2) is 66.9 Å². The number of carbonyl (C=O) groups excluding carboxylic acids is 1. The minimum atomic E-state index is -1.11. The highest BCUT2D eigenvalue weighted by atomic mass is 19.1. The Hall–Kier alpha value is -5.23. The van der Waals surface area contributed by atoms with E-state index in [0.29, 0.717) is 34.1 Å². The van der Waals surface area contributed by atoms with Gasteiger partial charge in [-0.2, -0.15) is 4.98 Å². The van der Waals surface area contributed by atoms with Crippen LogP contribution in [-0.2, 0) is 12.1 Å². The molecule has 0 spiro atoms. The standard InChI is InChI=1S/C32H31F2N5O5/c1-32(2,41)21-13-26(43-4)29(27(14-21)44-5)37-31-36-28-11-8-20(17-39(28)38-31)18-7-10-23(25(12-18)42-3)30(40)35-16-19-6-9-22(33)15-24(19)34/h6-15,17,41H,16H2,1-5H3,(H,35,40)(H,37,38). The number of rotatable bonds is 10. The molecule has 12 heteroatoms. The molecule has 5 rings (SSSR count). The molecular weight excluding hydrogens is 572 g/mol. The molecule has 1 amide bonds. The number of ether oxygens (including phenoxy) is 3. The first-order valence-corrected chi connectivity index (χ1v) is 13.5. The van der Waals surface area contributed by atoms with E-state index in [1.54, 1.807) is 61.0 Å². The number of methoxy groups -OCH3 is 3. The number of hydrogen-bond donors (Lipinski definition) is 3. The molecular formula is C32H31F2N5O5. The van der Waals surface area contributed by atoms with Crippen molar-refractivity contribution in [1.82, 2.24) is 19.9 Å². The summed E-state index contributed by atoms with van der Waals surface area (Å²) in [4.78, 5) is 17.4. The summed E-state index contributed by atoms with van der Waals surface area (Å²) in [7, 11) is 4.49. The SMILES string of the molecule is COc1cc(-c2ccc3nc(Nc4c(OC)cc(C(C)(C)O)cc4OC)nn3c2)ccc1C(=O)NCc1ccc(F)cc1F. The van der Waals surface area contributed by atoms with Crippen molar-refractivity contribution in [2.24, 2.45) is 0 Å². The van der Waals surface area contributed by atoms with E-state index < -0.39 is 23.1 Å². The molecule has 228 valence electrons. The smallest absolute Gasteiger partial charge is 0.255 e. The Kier molecular flexibility index (Phi) is 8.36. The number of nitrogens with one attached hydrogen (secondary N) is 2.